The molecule has 0 unspecified atom stereocenters. The Morgan fingerprint density at radius 2 is 2.06 bits per heavy atom. The van der Waals surface area contributed by atoms with Gasteiger partial charge in [0.1, 0.15) is 0 Å². The second-order valence-electron chi connectivity index (χ2n) is 4.35. The molecule has 1 heterocycles. The number of rotatable bonds is 7. The van der Waals surface area contributed by atoms with E-state index in [4.69, 9.17) is 10.5 Å². The molecule has 0 amide bonds. The molecule has 0 aromatic rings. The molecule has 0 aromatic heterocycles. The Labute approximate surface area is 128 Å². The largest absolute Gasteiger partial charge is 0.379 e. The summed E-state index contributed by atoms with van der Waals surface area (Å²) in [5.74, 6) is 0.584. The maximum Gasteiger partial charge on any atom is 0.188 e. The maximum atomic E-state index is 5.74. The van der Waals surface area contributed by atoms with Gasteiger partial charge in [0.25, 0.3) is 0 Å². The lowest BCUT2D eigenvalue weighted by Crippen LogP contribution is -2.37. The predicted molar refractivity (Wildman–Crippen MR) is 86.7 cm³/mol. The van der Waals surface area contributed by atoms with E-state index in [0.29, 0.717) is 5.96 Å². The van der Waals surface area contributed by atoms with Crippen molar-refractivity contribution in [3.05, 3.63) is 0 Å². The van der Waals surface area contributed by atoms with Crippen LogP contribution in [0.15, 0.2) is 4.99 Å². The molecule has 0 atom stereocenters. The van der Waals surface area contributed by atoms with Gasteiger partial charge in [0.2, 0.25) is 0 Å². The number of aliphatic imine (C=N–C) groups is 1. The van der Waals surface area contributed by atoms with Crippen LogP contribution in [0.2, 0.25) is 0 Å². The van der Waals surface area contributed by atoms with Crippen LogP contribution in [0.3, 0.4) is 0 Å². The van der Waals surface area contributed by atoms with Crippen molar-refractivity contribution in [2.45, 2.75) is 26.2 Å². The number of halogens is 1. The predicted octanol–water partition coefficient (Wildman–Crippen LogP) is 1.03. The molecular formula is C12H27IN4O. The first-order valence-corrected chi connectivity index (χ1v) is 6.67. The van der Waals surface area contributed by atoms with Gasteiger partial charge in [-0.1, -0.05) is 13.3 Å². The summed E-state index contributed by atoms with van der Waals surface area (Å²) in [5.41, 5.74) is 5.74. The number of hydrogen-bond acceptors (Lipinski definition) is 3. The third kappa shape index (κ3) is 8.93. The summed E-state index contributed by atoms with van der Waals surface area (Å²) in [4.78, 5) is 6.72. The van der Waals surface area contributed by atoms with Crippen molar-refractivity contribution in [1.82, 2.24) is 10.2 Å². The average molecular weight is 370 g/mol. The molecule has 0 aromatic carbocycles. The van der Waals surface area contributed by atoms with Crippen LogP contribution in [0.5, 0.6) is 0 Å². The first-order chi connectivity index (χ1) is 8.33. The molecule has 0 radical (unpaired) electrons. The molecule has 0 saturated carbocycles. The summed E-state index contributed by atoms with van der Waals surface area (Å²) in [6.45, 7) is 8.82. The summed E-state index contributed by atoms with van der Waals surface area (Å²) < 4.78 is 5.30. The molecule has 18 heavy (non-hydrogen) atoms. The first kappa shape index (κ1) is 17.9. The normalized spacial score (nSPS) is 17.3. The zero-order valence-electron chi connectivity index (χ0n) is 11.4. The number of unbranched alkanes of at least 4 members (excludes halogenated alkanes) is 1. The molecule has 1 rings (SSSR count). The number of nitrogens with one attached hydrogen (secondary N) is 1. The maximum absolute atomic E-state index is 5.74. The Morgan fingerprint density at radius 3 is 2.72 bits per heavy atom. The fourth-order valence-electron chi connectivity index (χ4n) is 1.77. The Bertz CT molecular complexity index is 220. The van der Waals surface area contributed by atoms with Crippen LogP contribution in [0.4, 0.5) is 0 Å². The standard InChI is InChI=1S/C12H26N4O.HI/c1-2-3-5-14-12(13)15-6-4-7-16-8-10-17-11-9-16;/h2-11H2,1H3,(H3,13,14,15);1H. The van der Waals surface area contributed by atoms with Gasteiger partial charge < -0.3 is 15.8 Å². The van der Waals surface area contributed by atoms with Crippen molar-refractivity contribution in [1.29, 1.82) is 0 Å². The third-order valence-electron chi connectivity index (χ3n) is 2.85. The highest BCUT2D eigenvalue weighted by Gasteiger charge is 2.08. The van der Waals surface area contributed by atoms with E-state index in [1.165, 1.54) is 6.42 Å². The minimum absolute atomic E-state index is 0. The monoisotopic (exact) mass is 370 g/mol. The zero-order valence-corrected chi connectivity index (χ0v) is 13.7. The highest BCUT2D eigenvalue weighted by atomic mass is 127. The van der Waals surface area contributed by atoms with Gasteiger partial charge in [-0.3, -0.25) is 9.89 Å². The molecule has 0 bridgehead atoms. The number of hydrogen-bond donors (Lipinski definition) is 2. The van der Waals surface area contributed by atoms with Crippen molar-refractivity contribution in [2.75, 3.05) is 45.9 Å². The molecule has 0 spiro atoms. The lowest BCUT2D eigenvalue weighted by Gasteiger charge is -2.26. The molecule has 0 aliphatic carbocycles. The second-order valence-corrected chi connectivity index (χ2v) is 4.35. The summed E-state index contributed by atoms with van der Waals surface area (Å²) in [6.07, 6.45) is 3.39. The SMILES string of the molecule is CCCCNC(N)=NCCCN1CCOCC1.I. The van der Waals surface area contributed by atoms with E-state index < -0.39 is 0 Å². The molecule has 5 nitrogen and oxygen atoms in total. The molecule has 1 fully saturated rings. The van der Waals surface area contributed by atoms with Crippen molar-refractivity contribution in [3.8, 4) is 0 Å². The van der Waals surface area contributed by atoms with Crippen LogP contribution >= 0.6 is 24.0 Å². The Morgan fingerprint density at radius 1 is 1.33 bits per heavy atom. The van der Waals surface area contributed by atoms with Crippen LogP contribution in [0.25, 0.3) is 0 Å². The summed E-state index contributed by atoms with van der Waals surface area (Å²) in [6, 6.07) is 0. The lowest BCUT2D eigenvalue weighted by molar-refractivity contribution is 0.0377. The minimum Gasteiger partial charge on any atom is -0.379 e. The minimum atomic E-state index is 0. The lowest BCUT2D eigenvalue weighted by atomic mass is 10.3. The summed E-state index contributed by atoms with van der Waals surface area (Å²) >= 11 is 0. The van der Waals surface area contributed by atoms with Gasteiger partial charge in [0.05, 0.1) is 13.2 Å². The van der Waals surface area contributed by atoms with Crippen molar-refractivity contribution in [3.63, 3.8) is 0 Å². The molecular weight excluding hydrogens is 343 g/mol. The second kappa shape index (κ2) is 12.0. The summed E-state index contributed by atoms with van der Waals surface area (Å²) in [5, 5.41) is 3.12. The van der Waals surface area contributed by atoms with Crippen molar-refractivity contribution < 1.29 is 4.74 Å². The van der Waals surface area contributed by atoms with E-state index in [0.717, 1.165) is 58.8 Å². The fourth-order valence-corrected chi connectivity index (χ4v) is 1.77. The van der Waals surface area contributed by atoms with Crippen molar-refractivity contribution >= 4 is 29.9 Å². The molecule has 1 aliphatic heterocycles. The van der Waals surface area contributed by atoms with Gasteiger partial charge in [-0.15, -0.1) is 24.0 Å². The topological polar surface area (TPSA) is 62.9 Å². The van der Waals surface area contributed by atoms with E-state index >= 15 is 0 Å². The molecule has 6 heteroatoms. The smallest absolute Gasteiger partial charge is 0.188 e. The Hall–Kier alpha value is -0.0800. The highest BCUT2D eigenvalue weighted by molar-refractivity contribution is 14.0. The summed E-state index contributed by atoms with van der Waals surface area (Å²) in [7, 11) is 0. The third-order valence-corrected chi connectivity index (χ3v) is 2.85. The quantitative estimate of drug-likeness (QED) is 0.304. The van der Waals surface area contributed by atoms with Crippen LogP contribution in [0.1, 0.15) is 26.2 Å². The van der Waals surface area contributed by atoms with Gasteiger partial charge in [-0.25, -0.2) is 0 Å². The number of nitrogens with two attached hydrogens (primary N) is 1. The average Bonchev–Trinajstić information content (AvgIpc) is 2.36. The number of nitrogens with zero attached hydrogens (tertiary/aromatic N) is 2. The van der Waals surface area contributed by atoms with Gasteiger partial charge in [-0.05, 0) is 12.8 Å². The van der Waals surface area contributed by atoms with E-state index in [2.05, 4.69) is 22.1 Å². The highest BCUT2D eigenvalue weighted by Crippen LogP contribution is 1.97. The zero-order chi connectivity index (χ0) is 12.3. The molecule has 1 aliphatic rings. The van der Waals surface area contributed by atoms with Gasteiger partial charge in [0.15, 0.2) is 5.96 Å². The number of morpholine rings is 1. The molecule has 108 valence electrons. The van der Waals surface area contributed by atoms with Gasteiger partial charge in [0, 0.05) is 32.7 Å². The van der Waals surface area contributed by atoms with E-state index in [1.54, 1.807) is 0 Å². The number of ether oxygens (including phenoxy) is 1. The van der Waals surface area contributed by atoms with Gasteiger partial charge >= 0.3 is 0 Å². The number of guanidine groups is 1. The van der Waals surface area contributed by atoms with Crippen LogP contribution in [-0.4, -0.2) is 56.8 Å². The van der Waals surface area contributed by atoms with E-state index in [9.17, 15) is 0 Å². The van der Waals surface area contributed by atoms with Crippen LogP contribution in [-0.2, 0) is 4.74 Å². The van der Waals surface area contributed by atoms with E-state index in [1.807, 2.05) is 0 Å². The van der Waals surface area contributed by atoms with Crippen LogP contribution < -0.4 is 11.1 Å². The van der Waals surface area contributed by atoms with Crippen LogP contribution in [0, 0.1) is 0 Å². The van der Waals surface area contributed by atoms with E-state index in [-0.39, 0.29) is 24.0 Å². The molecule has 1 saturated heterocycles. The Kier molecular flexibility index (Phi) is 11.9. The first-order valence-electron chi connectivity index (χ1n) is 6.67. The van der Waals surface area contributed by atoms with Gasteiger partial charge in [-0.2, -0.15) is 0 Å². The Balaban J connectivity index is 0.00000289. The van der Waals surface area contributed by atoms with Crippen molar-refractivity contribution in [2.24, 2.45) is 10.7 Å². The molecule has 3 N–H and O–H groups in total. The fraction of sp³-hybridized carbons (Fsp3) is 0.917.